The van der Waals surface area contributed by atoms with Gasteiger partial charge in [-0.2, -0.15) is 9.78 Å². The maximum Gasteiger partial charge on any atom is 0.259 e. The second-order valence-electron chi connectivity index (χ2n) is 9.92. The van der Waals surface area contributed by atoms with Crippen molar-refractivity contribution in [1.82, 2.24) is 24.3 Å². The number of fused-ring (bicyclic) bond motifs is 4. The second-order valence-corrected chi connectivity index (χ2v) is 9.92. The van der Waals surface area contributed by atoms with Crippen molar-refractivity contribution in [2.45, 2.75) is 13.5 Å². The largest absolute Gasteiger partial charge is 0.505 e. The molecule has 3 heterocycles. The molecule has 212 valence electrons. The van der Waals surface area contributed by atoms with Crippen LogP contribution in [0.1, 0.15) is 17.3 Å². The Hall–Kier alpha value is -6.41. The van der Waals surface area contributed by atoms with E-state index in [1.165, 1.54) is 10.9 Å². The van der Waals surface area contributed by atoms with Gasteiger partial charge in [0.2, 0.25) is 0 Å². The van der Waals surface area contributed by atoms with E-state index in [1.807, 2.05) is 42.5 Å². The number of carbonyl (C=O) groups is 1. The van der Waals surface area contributed by atoms with Gasteiger partial charge in [-0.25, -0.2) is 14.8 Å². The lowest BCUT2D eigenvalue weighted by Gasteiger charge is -2.12. The molecule has 0 bridgehead atoms. The van der Waals surface area contributed by atoms with E-state index in [0.717, 1.165) is 28.4 Å². The van der Waals surface area contributed by atoms with Gasteiger partial charge in [0.15, 0.2) is 11.6 Å². The third-order valence-corrected chi connectivity index (χ3v) is 7.42. The first kappa shape index (κ1) is 26.5. The molecule has 44 heavy (non-hydrogen) atoms. The van der Waals surface area contributed by atoms with E-state index >= 15 is 0 Å². The van der Waals surface area contributed by atoms with Crippen LogP contribution >= 0.6 is 0 Å². The van der Waals surface area contributed by atoms with E-state index in [4.69, 9.17) is 6.57 Å². The molecule has 0 aliphatic rings. The number of azo groups is 1. The Balaban J connectivity index is 1.29. The number of amides is 1. The highest BCUT2D eigenvalue weighted by Gasteiger charge is 2.20. The molecule has 4 aromatic carbocycles. The molecule has 1 amide bonds. The van der Waals surface area contributed by atoms with Crippen LogP contribution in [0.5, 0.6) is 5.75 Å². The third-order valence-electron chi connectivity index (χ3n) is 7.42. The molecule has 0 fully saturated rings. The molecule has 0 spiro atoms. The first-order valence-corrected chi connectivity index (χ1v) is 13.8. The molecule has 11 nitrogen and oxygen atoms in total. The zero-order valence-electron chi connectivity index (χ0n) is 23.4. The average Bonchev–Trinajstić information content (AvgIpc) is 3.62. The number of rotatable bonds is 6. The van der Waals surface area contributed by atoms with Gasteiger partial charge in [-0.15, -0.1) is 10.2 Å². The lowest BCUT2D eigenvalue weighted by atomic mass is 10.0. The number of aromatic nitrogens is 5. The number of aryl methyl sites for hydroxylation is 1. The zero-order chi connectivity index (χ0) is 30.2. The Labute approximate surface area is 250 Å². The van der Waals surface area contributed by atoms with Crippen molar-refractivity contribution in [3.05, 3.63) is 114 Å². The van der Waals surface area contributed by atoms with Gasteiger partial charge in [-0.3, -0.25) is 4.79 Å². The predicted molar refractivity (Wildman–Crippen MR) is 168 cm³/mol. The molecule has 7 aromatic rings. The smallest absolute Gasteiger partial charge is 0.259 e. The summed E-state index contributed by atoms with van der Waals surface area (Å²) in [7, 11) is 0. The van der Waals surface area contributed by atoms with Gasteiger partial charge in [-0.1, -0.05) is 42.5 Å². The van der Waals surface area contributed by atoms with Gasteiger partial charge in [0.1, 0.15) is 5.69 Å². The van der Waals surface area contributed by atoms with Crippen LogP contribution in [-0.4, -0.2) is 35.3 Å². The van der Waals surface area contributed by atoms with E-state index in [2.05, 4.69) is 59.1 Å². The number of phenolic OH excluding ortho intramolecular Hbond substituents is 1. The highest BCUT2D eigenvalue weighted by molar-refractivity contribution is 6.14. The Morgan fingerprint density at radius 2 is 1.68 bits per heavy atom. The summed E-state index contributed by atoms with van der Waals surface area (Å²) in [5, 5.41) is 30.5. The first-order chi connectivity index (χ1) is 21.6. The minimum Gasteiger partial charge on any atom is -0.505 e. The third kappa shape index (κ3) is 4.38. The van der Waals surface area contributed by atoms with Gasteiger partial charge in [0.05, 0.1) is 18.3 Å². The van der Waals surface area contributed by atoms with Crippen molar-refractivity contribution in [2.24, 2.45) is 10.2 Å². The maximum absolute atomic E-state index is 13.6. The van der Waals surface area contributed by atoms with E-state index in [1.54, 1.807) is 36.7 Å². The summed E-state index contributed by atoms with van der Waals surface area (Å²) in [5.74, 6) is -0.561. The summed E-state index contributed by atoms with van der Waals surface area (Å²) in [4.78, 5) is 25.5. The van der Waals surface area contributed by atoms with Crippen LogP contribution in [0.3, 0.4) is 0 Å². The number of para-hydroxylation sites is 1. The fourth-order valence-electron chi connectivity index (χ4n) is 5.41. The molecule has 11 heteroatoms. The van der Waals surface area contributed by atoms with Crippen LogP contribution in [0, 0.1) is 6.57 Å². The number of benzene rings is 4. The molecule has 2 N–H and O–H groups in total. The van der Waals surface area contributed by atoms with E-state index < -0.39 is 5.91 Å². The summed E-state index contributed by atoms with van der Waals surface area (Å²) >= 11 is 0. The monoisotopic (exact) mass is 577 g/mol. The molecular weight excluding hydrogens is 554 g/mol. The Kier molecular flexibility index (Phi) is 6.49. The Bertz CT molecular complexity index is 2300. The van der Waals surface area contributed by atoms with Crippen molar-refractivity contribution >= 4 is 61.4 Å². The van der Waals surface area contributed by atoms with Gasteiger partial charge in [0.25, 0.3) is 17.5 Å². The fraction of sp³-hybridized carbons (Fsp3) is 0.0606. The van der Waals surface area contributed by atoms with Crippen molar-refractivity contribution in [2.75, 3.05) is 5.32 Å². The number of carbonyl (C=O) groups excluding carboxylic acids is 1. The van der Waals surface area contributed by atoms with Crippen LogP contribution in [0.4, 0.5) is 22.9 Å². The predicted octanol–water partition coefficient (Wildman–Crippen LogP) is 7.87. The summed E-state index contributed by atoms with van der Waals surface area (Å²) in [6, 6.07) is 24.4. The van der Waals surface area contributed by atoms with E-state index in [-0.39, 0.29) is 34.5 Å². The van der Waals surface area contributed by atoms with Crippen LogP contribution < -0.4 is 5.32 Å². The minimum atomic E-state index is -0.507. The van der Waals surface area contributed by atoms with Crippen molar-refractivity contribution in [3.8, 4) is 11.7 Å². The maximum atomic E-state index is 13.6. The number of hydrogen-bond acceptors (Lipinski definition) is 7. The molecule has 0 aliphatic heterocycles. The number of nitrogens with zero attached hydrogens (tertiary/aromatic N) is 8. The normalized spacial score (nSPS) is 11.5. The number of anilines is 1. The summed E-state index contributed by atoms with van der Waals surface area (Å²) in [5.41, 5.74) is 3.01. The van der Waals surface area contributed by atoms with Gasteiger partial charge < -0.3 is 15.0 Å². The molecular formula is C33H23N9O2. The van der Waals surface area contributed by atoms with Crippen LogP contribution in [0.2, 0.25) is 0 Å². The highest BCUT2D eigenvalue weighted by Crippen LogP contribution is 2.41. The minimum absolute atomic E-state index is 0.0269. The zero-order valence-corrected chi connectivity index (χ0v) is 23.4. The molecule has 0 saturated carbocycles. The average molecular weight is 578 g/mol. The summed E-state index contributed by atoms with van der Waals surface area (Å²) in [6.07, 6.45) is 4.43. The number of hydrogen-bond donors (Lipinski definition) is 2. The van der Waals surface area contributed by atoms with Gasteiger partial charge in [0, 0.05) is 51.8 Å². The molecule has 3 aromatic heterocycles. The molecule has 0 radical (unpaired) electrons. The number of aromatic hydroxyl groups is 1. The van der Waals surface area contributed by atoms with E-state index in [0.29, 0.717) is 16.5 Å². The molecule has 0 unspecified atom stereocenters. The lowest BCUT2D eigenvalue weighted by molar-refractivity contribution is 0.102. The first-order valence-electron chi connectivity index (χ1n) is 13.8. The molecule has 0 aliphatic carbocycles. The molecule has 7 rings (SSSR count). The Morgan fingerprint density at radius 3 is 2.48 bits per heavy atom. The number of nitrogens with one attached hydrogen (secondary N) is 1. The van der Waals surface area contributed by atoms with Crippen molar-refractivity contribution < 1.29 is 9.90 Å². The van der Waals surface area contributed by atoms with E-state index in [9.17, 15) is 9.90 Å². The molecule has 0 saturated heterocycles. The summed E-state index contributed by atoms with van der Waals surface area (Å²) in [6.45, 7) is 10.5. The Morgan fingerprint density at radius 1 is 0.932 bits per heavy atom. The van der Waals surface area contributed by atoms with Crippen LogP contribution in [0.15, 0.2) is 108 Å². The quantitative estimate of drug-likeness (QED) is 0.154. The fourth-order valence-corrected chi connectivity index (χ4v) is 5.41. The highest BCUT2D eigenvalue weighted by atomic mass is 16.3. The van der Waals surface area contributed by atoms with Gasteiger partial charge in [-0.05, 0) is 48.7 Å². The van der Waals surface area contributed by atoms with Gasteiger partial charge >= 0.3 is 0 Å². The lowest BCUT2D eigenvalue weighted by Crippen LogP contribution is -2.12. The topological polar surface area (TPSA) is 127 Å². The molecule has 0 atom stereocenters. The van der Waals surface area contributed by atoms with Crippen LogP contribution in [-0.2, 0) is 6.54 Å². The van der Waals surface area contributed by atoms with Crippen molar-refractivity contribution in [1.29, 1.82) is 0 Å². The number of phenols is 1. The SMILES string of the molecule is [C-]#[N+]c1cnn(-c2ncccn2)c1/N=N/c1c(O)c(C(=O)Nc2ccc3c(c2)c2ccccc2n3CC)cc2ccccc12. The van der Waals surface area contributed by atoms with Crippen LogP contribution in [0.25, 0.3) is 43.4 Å². The second kappa shape index (κ2) is 10.8. The van der Waals surface area contributed by atoms with Crippen molar-refractivity contribution in [3.63, 3.8) is 0 Å². The summed E-state index contributed by atoms with van der Waals surface area (Å²) < 4.78 is 3.52. The standard InChI is InChI=1S/C33H23N9O2/c1-3-41-27-12-7-6-11-23(27)24-18-21(13-14-28(24)41)38-32(44)25-17-20-9-4-5-10-22(20)29(30(25)43)39-40-31-26(34-2)19-37-42(31)33-35-15-8-16-36-33/h4-19,43H,3H2,1H3,(H,38,44)/b40-39+.